The summed E-state index contributed by atoms with van der Waals surface area (Å²) >= 11 is 0. The summed E-state index contributed by atoms with van der Waals surface area (Å²) in [7, 11) is 0. The second-order valence-corrected chi connectivity index (χ2v) is 7.35. The third-order valence-corrected chi connectivity index (χ3v) is 3.86. The SMILES string of the molecule is CC(C)Cn1c(C(C)(C)C)nc(C2CCOCC2)c1N. The van der Waals surface area contributed by atoms with Crippen molar-refractivity contribution >= 4 is 5.82 Å². The molecule has 1 fully saturated rings. The fraction of sp³-hybridized carbons (Fsp3) is 0.812. The third-order valence-electron chi connectivity index (χ3n) is 3.86. The topological polar surface area (TPSA) is 53.1 Å². The molecule has 0 aliphatic carbocycles. The van der Waals surface area contributed by atoms with Gasteiger partial charge >= 0.3 is 0 Å². The predicted octanol–water partition coefficient (Wildman–Crippen LogP) is 3.31. The number of nitrogen functional groups attached to an aromatic ring is 1. The fourth-order valence-corrected chi connectivity index (χ4v) is 2.88. The van der Waals surface area contributed by atoms with E-state index in [1.165, 1.54) is 0 Å². The molecule has 20 heavy (non-hydrogen) atoms. The molecule has 2 rings (SSSR count). The maximum Gasteiger partial charge on any atom is 0.127 e. The zero-order chi connectivity index (χ0) is 14.9. The minimum atomic E-state index is 0.0203. The van der Waals surface area contributed by atoms with Gasteiger partial charge < -0.3 is 15.0 Å². The largest absolute Gasteiger partial charge is 0.384 e. The lowest BCUT2D eigenvalue weighted by molar-refractivity contribution is 0.0847. The summed E-state index contributed by atoms with van der Waals surface area (Å²) in [4.78, 5) is 4.94. The van der Waals surface area contributed by atoms with Crippen LogP contribution in [0.15, 0.2) is 0 Å². The van der Waals surface area contributed by atoms with Gasteiger partial charge in [0.25, 0.3) is 0 Å². The number of aromatic nitrogens is 2. The Morgan fingerprint density at radius 3 is 2.40 bits per heavy atom. The Morgan fingerprint density at radius 1 is 1.30 bits per heavy atom. The van der Waals surface area contributed by atoms with Crippen molar-refractivity contribution in [1.82, 2.24) is 9.55 Å². The first-order valence-corrected chi connectivity index (χ1v) is 7.74. The van der Waals surface area contributed by atoms with Gasteiger partial charge in [-0.1, -0.05) is 34.6 Å². The molecule has 0 bridgehead atoms. The Morgan fingerprint density at radius 2 is 1.90 bits per heavy atom. The van der Waals surface area contributed by atoms with E-state index >= 15 is 0 Å². The van der Waals surface area contributed by atoms with Gasteiger partial charge in [0, 0.05) is 31.1 Å². The van der Waals surface area contributed by atoms with Crippen LogP contribution < -0.4 is 5.73 Å². The lowest BCUT2D eigenvalue weighted by Crippen LogP contribution is -2.21. The normalized spacial score (nSPS) is 17.9. The second kappa shape index (κ2) is 5.76. The molecule has 0 aromatic carbocycles. The highest BCUT2D eigenvalue weighted by atomic mass is 16.5. The van der Waals surface area contributed by atoms with Gasteiger partial charge in [0.15, 0.2) is 0 Å². The number of hydrogen-bond donors (Lipinski definition) is 1. The molecule has 114 valence electrons. The average molecular weight is 279 g/mol. The van der Waals surface area contributed by atoms with Crippen LogP contribution in [0.2, 0.25) is 0 Å². The molecule has 0 spiro atoms. The number of rotatable bonds is 3. The molecule has 0 radical (unpaired) electrons. The van der Waals surface area contributed by atoms with Crippen molar-refractivity contribution in [2.24, 2.45) is 5.92 Å². The van der Waals surface area contributed by atoms with Gasteiger partial charge in [0.2, 0.25) is 0 Å². The molecular formula is C16H29N3O. The lowest BCUT2D eigenvalue weighted by Gasteiger charge is -2.21. The number of nitrogens with zero attached hydrogens (tertiary/aromatic N) is 2. The number of nitrogens with two attached hydrogens (primary N) is 1. The maximum absolute atomic E-state index is 6.44. The lowest BCUT2D eigenvalue weighted by atomic mass is 9.95. The molecule has 0 saturated carbocycles. The van der Waals surface area contributed by atoms with E-state index in [1.54, 1.807) is 0 Å². The van der Waals surface area contributed by atoms with E-state index < -0.39 is 0 Å². The van der Waals surface area contributed by atoms with Crippen LogP contribution in [0.3, 0.4) is 0 Å². The molecule has 1 aliphatic heterocycles. The first kappa shape index (κ1) is 15.4. The van der Waals surface area contributed by atoms with Gasteiger partial charge in [-0.3, -0.25) is 0 Å². The minimum absolute atomic E-state index is 0.0203. The summed E-state index contributed by atoms with van der Waals surface area (Å²) in [5, 5.41) is 0. The van der Waals surface area contributed by atoms with Gasteiger partial charge in [-0.05, 0) is 18.8 Å². The van der Waals surface area contributed by atoms with Gasteiger partial charge in [0.1, 0.15) is 11.6 Å². The van der Waals surface area contributed by atoms with Crippen molar-refractivity contribution in [1.29, 1.82) is 0 Å². The van der Waals surface area contributed by atoms with E-state index in [2.05, 4.69) is 39.2 Å². The fourth-order valence-electron chi connectivity index (χ4n) is 2.88. The Hall–Kier alpha value is -1.03. The highest BCUT2D eigenvalue weighted by molar-refractivity contribution is 5.42. The van der Waals surface area contributed by atoms with Gasteiger partial charge in [-0.2, -0.15) is 0 Å². The summed E-state index contributed by atoms with van der Waals surface area (Å²) in [6, 6.07) is 0. The molecule has 4 nitrogen and oxygen atoms in total. The number of hydrogen-bond acceptors (Lipinski definition) is 3. The van der Waals surface area contributed by atoms with E-state index in [4.69, 9.17) is 15.5 Å². The quantitative estimate of drug-likeness (QED) is 0.923. The Bertz CT molecular complexity index is 451. The van der Waals surface area contributed by atoms with E-state index in [0.29, 0.717) is 11.8 Å². The maximum atomic E-state index is 6.44. The van der Waals surface area contributed by atoms with Crippen molar-refractivity contribution in [3.63, 3.8) is 0 Å². The van der Waals surface area contributed by atoms with Crippen molar-refractivity contribution < 1.29 is 4.74 Å². The van der Waals surface area contributed by atoms with Crippen molar-refractivity contribution in [2.45, 2.75) is 65.3 Å². The molecule has 2 heterocycles. The Kier molecular flexibility index (Phi) is 4.43. The monoisotopic (exact) mass is 279 g/mol. The summed E-state index contributed by atoms with van der Waals surface area (Å²) in [6.07, 6.45) is 2.07. The van der Waals surface area contributed by atoms with Crippen LogP contribution >= 0.6 is 0 Å². The zero-order valence-corrected chi connectivity index (χ0v) is 13.6. The average Bonchev–Trinajstić information content (AvgIpc) is 2.67. The Labute approximate surface area is 122 Å². The van der Waals surface area contributed by atoms with Crippen LogP contribution in [0, 0.1) is 5.92 Å². The number of imidazole rings is 1. The van der Waals surface area contributed by atoms with E-state index in [0.717, 1.165) is 49.9 Å². The first-order valence-electron chi connectivity index (χ1n) is 7.74. The van der Waals surface area contributed by atoms with Gasteiger partial charge in [-0.15, -0.1) is 0 Å². The molecule has 0 amide bonds. The molecular weight excluding hydrogens is 250 g/mol. The Balaban J connectivity index is 2.40. The first-order chi connectivity index (χ1) is 9.30. The molecule has 1 aliphatic rings. The second-order valence-electron chi connectivity index (χ2n) is 7.35. The van der Waals surface area contributed by atoms with Crippen LogP contribution in [-0.4, -0.2) is 22.8 Å². The predicted molar refractivity (Wildman–Crippen MR) is 83.0 cm³/mol. The molecule has 0 unspecified atom stereocenters. The van der Waals surface area contributed by atoms with Crippen molar-refractivity contribution in [2.75, 3.05) is 18.9 Å². The van der Waals surface area contributed by atoms with Crippen molar-refractivity contribution in [3.8, 4) is 0 Å². The molecule has 1 aromatic rings. The number of anilines is 1. The third kappa shape index (κ3) is 3.17. The summed E-state index contributed by atoms with van der Waals surface area (Å²) < 4.78 is 7.69. The van der Waals surface area contributed by atoms with Crippen LogP contribution in [0.5, 0.6) is 0 Å². The molecule has 4 heteroatoms. The van der Waals surface area contributed by atoms with Crippen LogP contribution in [0.4, 0.5) is 5.82 Å². The van der Waals surface area contributed by atoms with Crippen molar-refractivity contribution in [3.05, 3.63) is 11.5 Å². The molecule has 2 N–H and O–H groups in total. The van der Waals surface area contributed by atoms with Crippen LogP contribution in [0.1, 0.15) is 64.9 Å². The van der Waals surface area contributed by atoms with Crippen LogP contribution in [-0.2, 0) is 16.7 Å². The minimum Gasteiger partial charge on any atom is -0.384 e. The summed E-state index contributed by atoms with van der Waals surface area (Å²) in [5.74, 6) is 3.01. The zero-order valence-electron chi connectivity index (χ0n) is 13.6. The molecule has 1 saturated heterocycles. The van der Waals surface area contributed by atoms with E-state index in [-0.39, 0.29) is 5.41 Å². The van der Waals surface area contributed by atoms with E-state index in [9.17, 15) is 0 Å². The van der Waals surface area contributed by atoms with E-state index in [1.807, 2.05) is 0 Å². The highest BCUT2D eigenvalue weighted by Gasteiger charge is 2.29. The van der Waals surface area contributed by atoms with Gasteiger partial charge in [0.05, 0.1) is 5.69 Å². The molecule has 0 atom stereocenters. The highest BCUT2D eigenvalue weighted by Crippen LogP contribution is 2.34. The number of ether oxygens (including phenoxy) is 1. The van der Waals surface area contributed by atoms with Gasteiger partial charge in [-0.25, -0.2) is 4.98 Å². The standard InChI is InChI=1S/C16H29N3O/c1-11(2)10-19-14(17)13(12-6-8-20-9-7-12)18-15(19)16(3,4)5/h11-12H,6-10,17H2,1-5H3. The summed E-state index contributed by atoms with van der Waals surface area (Å²) in [6.45, 7) is 13.7. The molecule has 1 aromatic heterocycles. The smallest absolute Gasteiger partial charge is 0.127 e. The summed E-state index contributed by atoms with van der Waals surface area (Å²) in [5.41, 5.74) is 7.56. The van der Waals surface area contributed by atoms with Crippen LogP contribution in [0.25, 0.3) is 0 Å².